The van der Waals surface area contributed by atoms with E-state index < -0.39 is 22.8 Å². The molecule has 126 valence electrons. The van der Waals surface area contributed by atoms with Gasteiger partial charge in [0.25, 0.3) is 0 Å². The lowest BCUT2D eigenvalue weighted by Gasteiger charge is -2.35. The molecule has 9 heteroatoms. The molecule has 0 atom stereocenters. The van der Waals surface area contributed by atoms with Gasteiger partial charge in [-0.25, -0.2) is 12.9 Å². The van der Waals surface area contributed by atoms with E-state index in [9.17, 15) is 13.7 Å². The summed E-state index contributed by atoms with van der Waals surface area (Å²) in [5.41, 5.74) is 0. The van der Waals surface area contributed by atoms with Gasteiger partial charge in [0.05, 0.1) is 18.5 Å². The first-order valence-electron chi connectivity index (χ1n) is 7.28. The maximum atomic E-state index is 12.8. The largest absolute Gasteiger partial charge is 0.345 e. The summed E-state index contributed by atoms with van der Waals surface area (Å²) in [7, 11) is -11.0. The molecule has 0 radical (unpaired) electrons. The molecule has 0 N–H and O–H groups in total. The lowest BCUT2D eigenvalue weighted by Crippen LogP contribution is -2.15. The molecule has 6 nitrogen and oxygen atoms in total. The summed E-state index contributed by atoms with van der Waals surface area (Å²) >= 11 is 0. The van der Waals surface area contributed by atoms with Crippen molar-refractivity contribution in [3.05, 3.63) is 0 Å². The summed E-state index contributed by atoms with van der Waals surface area (Å²) in [6.07, 6.45) is 0.252. The summed E-state index contributed by atoms with van der Waals surface area (Å²) in [6.45, 7) is 11.1. The molecule has 1 rings (SSSR count). The van der Waals surface area contributed by atoms with Gasteiger partial charge in [-0.2, -0.15) is 0 Å². The van der Waals surface area contributed by atoms with E-state index in [4.69, 9.17) is 12.9 Å². The maximum absolute atomic E-state index is 12.8. The summed E-state index contributed by atoms with van der Waals surface area (Å²) in [4.78, 5) is 0. The summed E-state index contributed by atoms with van der Waals surface area (Å²) in [5, 5.41) is 0. The van der Waals surface area contributed by atoms with Crippen molar-refractivity contribution in [1.82, 2.24) is 0 Å². The summed E-state index contributed by atoms with van der Waals surface area (Å²) < 4.78 is 54.1. The first-order chi connectivity index (χ1) is 9.37. The first-order valence-corrected chi connectivity index (χ1v) is 12.5. The Bertz CT molecular complexity index is 410. The van der Waals surface area contributed by atoms with Crippen molar-refractivity contribution in [3.63, 3.8) is 0 Å². The quantitative estimate of drug-likeness (QED) is 0.574. The van der Waals surface area contributed by atoms with E-state index in [2.05, 4.69) is 0 Å². The van der Waals surface area contributed by atoms with E-state index in [0.717, 1.165) is 0 Å². The van der Waals surface area contributed by atoms with Gasteiger partial charge in [0.2, 0.25) is 0 Å². The fourth-order valence-electron chi connectivity index (χ4n) is 2.15. The molecule has 21 heavy (non-hydrogen) atoms. The lowest BCUT2D eigenvalue weighted by molar-refractivity contribution is 0.270. The predicted octanol–water partition coefficient (Wildman–Crippen LogP) is 5.60. The first kappa shape index (κ1) is 19.6. The molecule has 1 saturated heterocycles. The normalized spacial score (nSPS) is 37.6. The van der Waals surface area contributed by atoms with Crippen LogP contribution in [0.2, 0.25) is 0 Å². The fraction of sp³-hybridized carbons (Fsp3) is 1.00. The van der Waals surface area contributed by atoms with Crippen LogP contribution in [0, 0.1) is 17.8 Å². The third-order valence-corrected chi connectivity index (χ3v) is 12.0. The Balaban J connectivity index is 3.13. The van der Waals surface area contributed by atoms with Crippen LogP contribution < -0.4 is 0 Å². The van der Waals surface area contributed by atoms with Crippen LogP contribution in [0.5, 0.6) is 0 Å². The Morgan fingerprint density at radius 1 is 0.571 bits per heavy atom. The highest BCUT2D eigenvalue weighted by atomic mass is 31.3. The molecular formula is C12H27O6P3. The second-order valence-corrected chi connectivity index (χ2v) is 13.5. The van der Waals surface area contributed by atoms with Crippen molar-refractivity contribution in [2.24, 2.45) is 17.8 Å². The highest BCUT2D eigenvalue weighted by molar-refractivity contribution is 7.80. The Morgan fingerprint density at radius 3 is 0.905 bits per heavy atom. The zero-order valence-electron chi connectivity index (χ0n) is 13.6. The average molecular weight is 360 g/mol. The molecular weight excluding hydrogens is 333 g/mol. The zero-order chi connectivity index (χ0) is 16.5. The minimum atomic E-state index is -3.68. The Hall–Kier alpha value is 0.570. The molecule has 1 fully saturated rings. The molecule has 0 aromatic rings. The maximum Gasteiger partial charge on any atom is 0.345 e. The van der Waals surface area contributed by atoms with Crippen LogP contribution in [0.3, 0.4) is 0 Å². The minimum Gasteiger partial charge on any atom is -0.259 e. The van der Waals surface area contributed by atoms with Gasteiger partial charge < -0.3 is 0 Å². The highest BCUT2D eigenvalue weighted by Crippen LogP contribution is 2.82. The zero-order valence-corrected chi connectivity index (χ0v) is 16.3. The second kappa shape index (κ2) is 6.99. The Labute approximate surface area is 127 Å². The van der Waals surface area contributed by atoms with E-state index in [1.165, 1.54) is 0 Å². The summed E-state index contributed by atoms with van der Waals surface area (Å²) in [6, 6.07) is 0. The van der Waals surface area contributed by atoms with Crippen LogP contribution in [-0.2, 0) is 26.6 Å². The van der Waals surface area contributed by atoms with E-state index in [1.54, 1.807) is 0 Å². The Kier molecular flexibility index (Phi) is 6.53. The number of hydrogen-bond acceptors (Lipinski definition) is 6. The fourth-order valence-corrected chi connectivity index (χ4v) is 12.1. The van der Waals surface area contributed by atoms with E-state index >= 15 is 0 Å². The van der Waals surface area contributed by atoms with Crippen molar-refractivity contribution in [2.45, 2.75) is 41.5 Å². The van der Waals surface area contributed by atoms with Crippen LogP contribution >= 0.6 is 22.8 Å². The van der Waals surface area contributed by atoms with Crippen LogP contribution in [0.25, 0.3) is 0 Å². The van der Waals surface area contributed by atoms with Crippen LogP contribution in [-0.4, -0.2) is 18.5 Å². The SMILES string of the molecule is CC(C)CP1(=O)OP(=O)(CC(C)C)OP(=O)(CC(C)C)O1. The average Bonchev–Trinajstić information content (AvgIpc) is 2.05. The number of rotatable bonds is 6. The van der Waals surface area contributed by atoms with Gasteiger partial charge in [-0.1, -0.05) is 41.5 Å². The van der Waals surface area contributed by atoms with Gasteiger partial charge in [-0.15, -0.1) is 0 Å². The highest BCUT2D eigenvalue weighted by Gasteiger charge is 2.52. The van der Waals surface area contributed by atoms with Gasteiger partial charge in [0.1, 0.15) is 0 Å². The van der Waals surface area contributed by atoms with Crippen molar-refractivity contribution < 1.29 is 26.6 Å². The second-order valence-electron chi connectivity index (χ2n) is 6.81. The summed E-state index contributed by atoms with van der Waals surface area (Å²) in [5.74, 6) is 0.0248. The molecule has 0 unspecified atom stereocenters. The van der Waals surface area contributed by atoms with Gasteiger partial charge in [-0.05, 0) is 17.8 Å². The molecule has 0 saturated carbocycles. The van der Waals surface area contributed by atoms with Gasteiger partial charge in [0, 0.05) is 0 Å². The predicted molar refractivity (Wildman–Crippen MR) is 85.2 cm³/mol. The standard InChI is InChI=1S/C12H27O6P3/c1-10(2)7-19(13)16-20(14,8-11(3)4)18-21(15,17-19)9-12(5)6/h10-12H,7-9H2,1-6H3. The van der Waals surface area contributed by atoms with Crippen LogP contribution in [0.1, 0.15) is 41.5 Å². The molecule has 0 aromatic carbocycles. The molecule has 0 bridgehead atoms. The third-order valence-electron chi connectivity index (χ3n) is 2.51. The molecule has 0 aromatic heterocycles. The van der Waals surface area contributed by atoms with Crippen molar-refractivity contribution >= 4 is 22.8 Å². The van der Waals surface area contributed by atoms with E-state index in [1.807, 2.05) is 41.5 Å². The van der Waals surface area contributed by atoms with Crippen molar-refractivity contribution in [3.8, 4) is 0 Å². The third kappa shape index (κ3) is 6.29. The van der Waals surface area contributed by atoms with Gasteiger partial charge >= 0.3 is 22.8 Å². The lowest BCUT2D eigenvalue weighted by atomic mass is 10.3. The molecule has 1 aliphatic heterocycles. The van der Waals surface area contributed by atoms with E-state index in [-0.39, 0.29) is 36.2 Å². The topological polar surface area (TPSA) is 78.9 Å². The van der Waals surface area contributed by atoms with Crippen molar-refractivity contribution in [1.29, 1.82) is 0 Å². The van der Waals surface area contributed by atoms with Crippen molar-refractivity contribution in [2.75, 3.05) is 18.5 Å². The number of hydrogen-bond donors (Lipinski definition) is 0. The Morgan fingerprint density at radius 2 is 0.762 bits per heavy atom. The minimum absolute atomic E-state index is 0.00827. The molecule has 0 spiro atoms. The molecule has 1 heterocycles. The van der Waals surface area contributed by atoms with Gasteiger partial charge in [0.15, 0.2) is 0 Å². The molecule has 0 aliphatic carbocycles. The van der Waals surface area contributed by atoms with Gasteiger partial charge in [-0.3, -0.25) is 13.7 Å². The molecule has 0 amide bonds. The van der Waals surface area contributed by atoms with Crippen LogP contribution in [0.4, 0.5) is 0 Å². The smallest absolute Gasteiger partial charge is 0.259 e. The monoisotopic (exact) mass is 360 g/mol. The molecule has 1 aliphatic rings. The van der Waals surface area contributed by atoms with E-state index in [0.29, 0.717) is 0 Å². The van der Waals surface area contributed by atoms with Crippen LogP contribution in [0.15, 0.2) is 0 Å².